The molecule has 0 unspecified atom stereocenters. The van der Waals surface area contributed by atoms with Crippen molar-refractivity contribution in [1.82, 2.24) is 9.88 Å². The van der Waals surface area contributed by atoms with Crippen molar-refractivity contribution in [3.63, 3.8) is 0 Å². The lowest BCUT2D eigenvalue weighted by molar-refractivity contribution is -0.116. The van der Waals surface area contributed by atoms with Crippen LogP contribution in [0.3, 0.4) is 0 Å². The molecule has 5 nitrogen and oxygen atoms in total. The molecule has 0 saturated carbocycles. The second-order valence-electron chi connectivity index (χ2n) is 5.71. The monoisotopic (exact) mass is 297 g/mol. The van der Waals surface area contributed by atoms with Crippen LogP contribution in [0.5, 0.6) is 0 Å². The Morgan fingerprint density at radius 1 is 1.32 bits per heavy atom. The van der Waals surface area contributed by atoms with Gasteiger partial charge in [-0.25, -0.2) is 0 Å². The first-order valence-corrected chi connectivity index (χ1v) is 7.30. The van der Waals surface area contributed by atoms with Crippen molar-refractivity contribution in [2.45, 2.75) is 26.3 Å². The third-order valence-corrected chi connectivity index (χ3v) is 4.32. The highest BCUT2D eigenvalue weighted by atomic mass is 16.2. The summed E-state index contributed by atoms with van der Waals surface area (Å²) in [7, 11) is 1.94. The quantitative estimate of drug-likeness (QED) is 0.894. The predicted octanol–water partition coefficient (Wildman–Crippen LogP) is 2.46. The predicted molar refractivity (Wildman–Crippen MR) is 84.8 cm³/mol. The third kappa shape index (κ3) is 2.39. The molecule has 0 bridgehead atoms. The molecule has 1 aromatic heterocycles. The van der Waals surface area contributed by atoms with E-state index in [1.54, 1.807) is 0 Å². The molecular weight excluding hydrogens is 278 g/mol. The van der Waals surface area contributed by atoms with Gasteiger partial charge in [0.1, 0.15) is 0 Å². The van der Waals surface area contributed by atoms with Crippen molar-refractivity contribution in [1.29, 1.82) is 0 Å². The van der Waals surface area contributed by atoms with Crippen LogP contribution in [-0.2, 0) is 11.8 Å². The Hall–Kier alpha value is -2.56. The number of para-hydroxylation sites is 1. The summed E-state index contributed by atoms with van der Waals surface area (Å²) in [5, 5.41) is 5.82. The molecule has 0 fully saturated rings. The number of hydrogen-bond donors (Lipinski definition) is 2. The van der Waals surface area contributed by atoms with Gasteiger partial charge >= 0.3 is 0 Å². The number of benzene rings is 1. The Morgan fingerprint density at radius 3 is 2.73 bits per heavy atom. The van der Waals surface area contributed by atoms with Crippen molar-refractivity contribution in [3.8, 4) is 0 Å². The Kier molecular flexibility index (Phi) is 3.48. The fourth-order valence-electron chi connectivity index (χ4n) is 2.86. The van der Waals surface area contributed by atoms with E-state index in [2.05, 4.69) is 10.6 Å². The Morgan fingerprint density at radius 2 is 2.05 bits per heavy atom. The van der Waals surface area contributed by atoms with E-state index < -0.39 is 0 Å². The van der Waals surface area contributed by atoms with Crippen molar-refractivity contribution < 1.29 is 9.59 Å². The van der Waals surface area contributed by atoms with Gasteiger partial charge in [0.25, 0.3) is 5.91 Å². The Bertz CT molecular complexity index is 761. The molecule has 22 heavy (non-hydrogen) atoms. The van der Waals surface area contributed by atoms with E-state index in [0.29, 0.717) is 5.56 Å². The van der Waals surface area contributed by atoms with Gasteiger partial charge in [0.2, 0.25) is 5.91 Å². The molecule has 2 aromatic rings. The maximum absolute atomic E-state index is 12.6. The molecule has 5 heteroatoms. The zero-order valence-corrected chi connectivity index (χ0v) is 12.9. The second kappa shape index (κ2) is 5.33. The summed E-state index contributed by atoms with van der Waals surface area (Å²) in [5.74, 6) is -0.222. The molecule has 0 aliphatic carbocycles. The van der Waals surface area contributed by atoms with E-state index in [1.807, 2.05) is 55.8 Å². The molecule has 2 N–H and O–H groups in total. The molecule has 0 spiro atoms. The minimum atomic E-state index is -0.294. The average Bonchev–Trinajstić information content (AvgIpc) is 2.75. The van der Waals surface area contributed by atoms with Gasteiger partial charge < -0.3 is 15.2 Å². The fraction of sp³-hybridized carbons (Fsp3) is 0.294. The highest BCUT2D eigenvalue weighted by Gasteiger charge is 2.27. The molecule has 3 rings (SSSR count). The van der Waals surface area contributed by atoms with Gasteiger partial charge in [0.05, 0.1) is 18.0 Å². The molecule has 2 amide bonds. The molecule has 0 radical (unpaired) electrons. The second-order valence-corrected chi connectivity index (χ2v) is 5.71. The standard InChI is InChI=1S/C17H19N3O2/c1-10-8-13(11(2)20(10)3)17(22)19-15-9-16(21)18-14-7-5-4-6-12(14)15/h4-8,15H,9H2,1-3H3,(H,18,21)(H,19,22)/t15-/m1/s1. The van der Waals surface area contributed by atoms with Crippen molar-refractivity contribution >= 4 is 17.5 Å². The van der Waals surface area contributed by atoms with Crippen molar-refractivity contribution in [2.24, 2.45) is 7.05 Å². The number of hydrogen-bond acceptors (Lipinski definition) is 2. The van der Waals surface area contributed by atoms with Crippen LogP contribution in [-0.4, -0.2) is 16.4 Å². The average molecular weight is 297 g/mol. The normalized spacial score (nSPS) is 16.9. The zero-order valence-electron chi connectivity index (χ0n) is 12.9. The number of nitrogens with one attached hydrogen (secondary N) is 2. The van der Waals surface area contributed by atoms with Gasteiger partial charge in [-0.05, 0) is 31.5 Å². The maximum atomic E-state index is 12.6. The minimum Gasteiger partial charge on any atom is -0.351 e. The van der Waals surface area contributed by atoms with Crippen molar-refractivity contribution in [2.75, 3.05) is 5.32 Å². The highest BCUT2D eigenvalue weighted by molar-refractivity contribution is 5.98. The van der Waals surface area contributed by atoms with Crippen LogP contribution in [0.25, 0.3) is 0 Å². The number of anilines is 1. The molecule has 1 aliphatic rings. The van der Waals surface area contributed by atoms with Crippen LogP contribution in [0.4, 0.5) is 5.69 Å². The first-order valence-electron chi connectivity index (χ1n) is 7.30. The van der Waals surface area contributed by atoms with Gasteiger partial charge in [0.15, 0.2) is 0 Å². The SMILES string of the molecule is Cc1cc(C(=O)N[C@@H]2CC(=O)Nc3ccccc32)c(C)n1C. The van der Waals surface area contributed by atoms with Crippen LogP contribution in [0.2, 0.25) is 0 Å². The Labute approximate surface area is 129 Å². The van der Waals surface area contributed by atoms with E-state index >= 15 is 0 Å². The fourth-order valence-corrected chi connectivity index (χ4v) is 2.86. The lowest BCUT2D eigenvalue weighted by Crippen LogP contribution is -2.35. The summed E-state index contributed by atoms with van der Waals surface area (Å²) in [6, 6.07) is 9.14. The summed E-state index contributed by atoms with van der Waals surface area (Å²) >= 11 is 0. The first-order chi connectivity index (χ1) is 10.5. The van der Waals surface area contributed by atoms with E-state index in [0.717, 1.165) is 22.6 Å². The summed E-state index contributed by atoms with van der Waals surface area (Å²) < 4.78 is 1.98. The molecule has 114 valence electrons. The smallest absolute Gasteiger partial charge is 0.253 e. The van der Waals surface area contributed by atoms with Gasteiger partial charge in [0, 0.05) is 24.1 Å². The molecular formula is C17H19N3O2. The number of amides is 2. The van der Waals surface area contributed by atoms with E-state index in [9.17, 15) is 9.59 Å². The maximum Gasteiger partial charge on any atom is 0.253 e. The topological polar surface area (TPSA) is 63.1 Å². The summed E-state index contributed by atoms with van der Waals surface area (Å²) in [4.78, 5) is 24.4. The number of aryl methyl sites for hydroxylation is 1. The first kappa shape index (κ1) is 14.4. The van der Waals surface area contributed by atoms with Crippen LogP contribution in [0.1, 0.15) is 39.8 Å². The number of carbonyl (C=O) groups is 2. The summed E-state index contributed by atoms with van der Waals surface area (Å²) in [6.45, 7) is 3.89. The summed E-state index contributed by atoms with van der Waals surface area (Å²) in [5.41, 5.74) is 4.32. The minimum absolute atomic E-state index is 0.0787. The number of aromatic nitrogens is 1. The molecule has 2 heterocycles. The number of fused-ring (bicyclic) bond motifs is 1. The lowest BCUT2D eigenvalue weighted by atomic mass is 9.97. The zero-order chi connectivity index (χ0) is 15.9. The van der Waals surface area contributed by atoms with Crippen LogP contribution < -0.4 is 10.6 Å². The van der Waals surface area contributed by atoms with Gasteiger partial charge in [-0.2, -0.15) is 0 Å². The van der Waals surface area contributed by atoms with Crippen LogP contribution >= 0.6 is 0 Å². The van der Waals surface area contributed by atoms with Gasteiger partial charge in [-0.3, -0.25) is 9.59 Å². The van der Waals surface area contributed by atoms with Crippen molar-refractivity contribution in [3.05, 3.63) is 52.8 Å². The largest absolute Gasteiger partial charge is 0.351 e. The molecule has 0 saturated heterocycles. The Balaban J connectivity index is 1.88. The van der Waals surface area contributed by atoms with Gasteiger partial charge in [-0.1, -0.05) is 18.2 Å². The molecule has 1 aliphatic heterocycles. The summed E-state index contributed by atoms with van der Waals surface area (Å²) in [6.07, 6.45) is 0.258. The van der Waals surface area contributed by atoms with Crippen LogP contribution in [0.15, 0.2) is 30.3 Å². The number of nitrogens with zero attached hydrogens (tertiary/aromatic N) is 1. The van der Waals surface area contributed by atoms with E-state index in [4.69, 9.17) is 0 Å². The third-order valence-electron chi connectivity index (χ3n) is 4.32. The number of carbonyl (C=O) groups excluding carboxylic acids is 2. The number of rotatable bonds is 2. The van der Waals surface area contributed by atoms with Crippen LogP contribution in [0, 0.1) is 13.8 Å². The van der Waals surface area contributed by atoms with E-state index in [-0.39, 0.29) is 24.3 Å². The molecule has 1 atom stereocenters. The van der Waals surface area contributed by atoms with E-state index in [1.165, 1.54) is 0 Å². The molecule has 1 aromatic carbocycles. The highest BCUT2D eigenvalue weighted by Crippen LogP contribution is 2.30. The van der Waals surface area contributed by atoms with Gasteiger partial charge in [-0.15, -0.1) is 0 Å². The lowest BCUT2D eigenvalue weighted by Gasteiger charge is -2.26.